The van der Waals surface area contributed by atoms with Crippen molar-refractivity contribution in [2.75, 3.05) is 0 Å². The van der Waals surface area contributed by atoms with Crippen LogP contribution in [0.15, 0.2) is 29.4 Å². The lowest BCUT2D eigenvalue weighted by atomic mass is 10.1. The predicted molar refractivity (Wildman–Crippen MR) is 40.8 cm³/mol. The van der Waals surface area contributed by atoms with Gasteiger partial charge in [-0.3, -0.25) is 5.41 Å². The Morgan fingerprint density at radius 2 is 2.10 bits per heavy atom. The van der Waals surface area contributed by atoms with Crippen molar-refractivity contribution in [3.8, 4) is 0 Å². The van der Waals surface area contributed by atoms with Gasteiger partial charge in [0.15, 0.2) is 0 Å². The van der Waals surface area contributed by atoms with Gasteiger partial charge in [0.1, 0.15) is 5.71 Å². The summed E-state index contributed by atoms with van der Waals surface area (Å²) in [5.74, 6) is 4.93. The SMILES string of the molecule is N=C1C=CC=C/C1=N/NN. The molecule has 1 aliphatic carbocycles. The van der Waals surface area contributed by atoms with Gasteiger partial charge in [-0.1, -0.05) is 12.2 Å². The van der Waals surface area contributed by atoms with Gasteiger partial charge in [0, 0.05) is 0 Å². The highest BCUT2D eigenvalue weighted by molar-refractivity contribution is 6.49. The molecule has 0 bridgehead atoms. The number of nitrogens with one attached hydrogen (secondary N) is 2. The Kier molecular flexibility index (Phi) is 1.96. The van der Waals surface area contributed by atoms with Gasteiger partial charge in [0.05, 0.1) is 5.71 Å². The van der Waals surface area contributed by atoms with Crippen molar-refractivity contribution in [2.45, 2.75) is 0 Å². The molecule has 1 aliphatic rings. The first-order chi connectivity index (χ1) is 4.84. The fourth-order valence-electron chi connectivity index (χ4n) is 0.641. The number of nitrogens with zero attached hydrogens (tertiary/aromatic N) is 1. The van der Waals surface area contributed by atoms with Gasteiger partial charge < -0.3 is 0 Å². The number of hydrogen-bond acceptors (Lipinski definition) is 4. The van der Waals surface area contributed by atoms with Crippen molar-refractivity contribution >= 4 is 11.4 Å². The van der Waals surface area contributed by atoms with Crippen molar-refractivity contribution in [1.29, 1.82) is 5.41 Å². The third-order valence-corrected chi connectivity index (χ3v) is 1.09. The largest absolute Gasteiger partial charge is 0.299 e. The van der Waals surface area contributed by atoms with Crippen LogP contribution in [0.4, 0.5) is 0 Å². The lowest BCUT2D eigenvalue weighted by molar-refractivity contribution is 0.809. The molecule has 4 heteroatoms. The highest BCUT2D eigenvalue weighted by Crippen LogP contribution is 1.94. The number of hydrazone groups is 1. The van der Waals surface area contributed by atoms with Gasteiger partial charge in [0.25, 0.3) is 0 Å². The van der Waals surface area contributed by atoms with Crippen molar-refractivity contribution in [3.63, 3.8) is 0 Å². The minimum atomic E-state index is 0.362. The predicted octanol–water partition coefficient (Wildman–Crippen LogP) is -0.0485. The first kappa shape index (κ1) is 6.70. The third-order valence-electron chi connectivity index (χ3n) is 1.09. The molecule has 0 radical (unpaired) electrons. The molecule has 0 saturated heterocycles. The highest BCUT2D eigenvalue weighted by Gasteiger charge is 2.01. The molecule has 52 valence electrons. The number of rotatable bonds is 1. The standard InChI is InChI=1S/C6H8N4/c7-5-3-1-2-4-6(5)9-10-8/h1-4,7,10H,8H2/b7-5?,9-6-. The summed E-state index contributed by atoms with van der Waals surface area (Å²) in [6, 6.07) is 0. The molecule has 0 aromatic rings. The van der Waals surface area contributed by atoms with Gasteiger partial charge in [-0.25, -0.2) is 11.4 Å². The molecule has 0 heterocycles. The lowest BCUT2D eigenvalue weighted by Crippen LogP contribution is -2.20. The van der Waals surface area contributed by atoms with Gasteiger partial charge >= 0.3 is 0 Å². The van der Waals surface area contributed by atoms with Crippen molar-refractivity contribution in [1.82, 2.24) is 5.53 Å². The third kappa shape index (κ3) is 1.29. The zero-order valence-electron chi connectivity index (χ0n) is 5.33. The van der Waals surface area contributed by atoms with E-state index in [1.807, 2.05) is 0 Å². The lowest BCUT2D eigenvalue weighted by Gasteiger charge is -2.00. The number of allylic oxidation sites excluding steroid dienone is 4. The van der Waals surface area contributed by atoms with Crippen molar-refractivity contribution in [2.24, 2.45) is 10.9 Å². The average molecular weight is 136 g/mol. The summed E-state index contributed by atoms with van der Waals surface area (Å²) >= 11 is 0. The Bertz CT molecular complexity index is 224. The number of hydrogen-bond donors (Lipinski definition) is 3. The maximum atomic E-state index is 7.28. The first-order valence-electron chi connectivity index (χ1n) is 2.81. The summed E-state index contributed by atoms with van der Waals surface area (Å²) in [6.45, 7) is 0. The molecule has 0 spiro atoms. The fourth-order valence-corrected chi connectivity index (χ4v) is 0.641. The van der Waals surface area contributed by atoms with Crippen LogP contribution in [-0.4, -0.2) is 11.4 Å². The van der Waals surface area contributed by atoms with Crippen LogP contribution >= 0.6 is 0 Å². The summed E-state index contributed by atoms with van der Waals surface area (Å²) in [5, 5.41) is 10.9. The normalized spacial score (nSPS) is 20.1. The maximum absolute atomic E-state index is 7.28. The van der Waals surface area contributed by atoms with E-state index in [4.69, 9.17) is 11.3 Å². The van der Waals surface area contributed by atoms with Gasteiger partial charge in [-0.05, 0) is 12.2 Å². The molecule has 0 amide bonds. The molecule has 0 atom stereocenters. The van der Waals surface area contributed by atoms with Crippen LogP contribution < -0.4 is 11.4 Å². The Labute approximate surface area is 58.6 Å². The Hall–Kier alpha value is -1.42. The summed E-state index contributed by atoms with van der Waals surface area (Å²) in [5.41, 5.74) is 3.04. The van der Waals surface area contributed by atoms with Crippen LogP contribution in [0.3, 0.4) is 0 Å². The Balaban J connectivity index is 2.80. The van der Waals surface area contributed by atoms with E-state index in [2.05, 4.69) is 10.6 Å². The van der Waals surface area contributed by atoms with Crippen LogP contribution in [0, 0.1) is 5.41 Å². The minimum absolute atomic E-state index is 0.362. The molecule has 0 saturated carbocycles. The molecule has 10 heavy (non-hydrogen) atoms. The molecule has 0 aromatic heterocycles. The highest BCUT2D eigenvalue weighted by atomic mass is 15.5. The second kappa shape index (κ2) is 2.93. The second-order valence-electron chi connectivity index (χ2n) is 1.76. The van der Waals surface area contributed by atoms with E-state index in [1.165, 1.54) is 0 Å². The fraction of sp³-hybridized carbons (Fsp3) is 0. The monoisotopic (exact) mass is 136 g/mol. The van der Waals surface area contributed by atoms with E-state index < -0.39 is 0 Å². The molecular weight excluding hydrogens is 128 g/mol. The number of hydrazine groups is 1. The number of nitrogens with two attached hydrogens (primary N) is 1. The smallest absolute Gasteiger partial charge is 0.109 e. The average Bonchev–Trinajstić information content (AvgIpc) is 1.94. The van der Waals surface area contributed by atoms with E-state index in [0.29, 0.717) is 11.4 Å². The zero-order valence-corrected chi connectivity index (χ0v) is 5.33. The second-order valence-corrected chi connectivity index (χ2v) is 1.76. The van der Waals surface area contributed by atoms with Crippen molar-refractivity contribution in [3.05, 3.63) is 24.3 Å². The van der Waals surface area contributed by atoms with Crippen LogP contribution in [0.1, 0.15) is 0 Å². The summed E-state index contributed by atoms with van der Waals surface area (Å²) in [6.07, 6.45) is 6.93. The molecule has 1 rings (SSSR count). The molecule has 0 unspecified atom stereocenters. The van der Waals surface area contributed by atoms with E-state index >= 15 is 0 Å². The Morgan fingerprint density at radius 1 is 1.40 bits per heavy atom. The first-order valence-corrected chi connectivity index (χ1v) is 2.81. The zero-order chi connectivity index (χ0) is 7.40. The van der Waals surface area contributed by atoms with E-state index in [9.17, 15) is 0 Å². The van der Waals surface area contributed by atoms with Gasteiger partial charge in [-0.15, -0.1) is 0 Å². The van der Waals surface area contributed by atoms with E-state index in [-0.39, 0.29) is 0 Å². The van der Waals surface area contributed by atoms with Gasteiger partial charge in [-0.2, -0.15) is 5.10 Å². The molecule has 0 aliphatic heterocycles. The summed E-state index contributed by atoms with van der Waals surface area (Å²) in [7, 11) is 0. The molecule has 0 fully saturated rings. The van der Waals surface area contributed by atoms with Crippen LogP contribution in [0.25, 0.3) is 0 Å². The maximum Gasteiger partial charge on any atom is 0.109 e. The minimum Gasteiger partial charge on any atom is -0.299 e. The topological polar surface area (TPSA) is 74.3 Å². The van der Waals surface area contributed by atoms with E-state index in [0.717, 1.165) is 0 Å². The Morgan fingerprint density at radius 3 is 2.70 bits per heavy atom. The van der Waals surface area contributed by atoms with Crippen LogP contribution in [0.2, 0.25) is 0 Å². The summed E-state index contributed by atoms with van der Waals surface area (Å²) in [4.78, 5) is 0. The van der Waals surface area contributed by atoms with Crippen LogP contribution in [-0.2, 0) is 0 Å². The summed E-state index contributed by atoms with van der Waals surface area (Å²) < 4.78 is 0. The molecule has 4 N–H and O–H groups in total. The van der Waals surface area contributed by atoms with Gasteiger partial charge in [0.2, 0.25) is 0 Å². The quantitative estimate of drug-likeness (QED) is 0.268. The molecule has 4 nitrogen and oxygen atoms in total. The molecule has 0 aromatic carbocycles. The van der Waals surface area contributed by atoms with Crippen LogP contribution in [0.5, 0.6) is 0 Å². The van der Waals surface area contributed by atoms with E-state index in [1.54, 1.807) is 24.3 Å². The van der Waals surface area contributed by atoms with Crippen molar-refractivity contribution < 1.29 is 0 Å². The molecular formula is C6H8N4.